The molecule has 5 rings (SSSR count). The number of rotatable bonds is 5. The van der Waals surface area contributed by atoms with E-state index in [9.17, 15) is 0 Å². The third-order valence-electron chi connectivity index (χ3n) is 5.54. The fourth-order valence-electron chi connectivity index (χ4n) is 3.96. The van der Waals surface area contributed by atoms with Gasteiger partial charge in [0.05, 0.1) is 22.1 Å². The summed E-state index contributed by atoms with van der Waals surface area (Å²) in [5.41, 5.74) is 5.48. The molecular weight excluding hydrogens is 344 g/mol. The number of para-hydroxylation sites is 4. The zero-order valence-electron chi connectivity index (χ0n) is 15.8. The van der Waals surface area contributed by atoms with Crippen LogP contribution in [0.4, 0.5) is 0 Å². The second kappa shape index (κ2) is 6.97. The summed E-state index contributed by atoms with van der Waals surface area (Å²) in [6, 6.07) is 27.0. The number of nitrogens with one attached hydrogen (secondary N) is 2. The van der Waals surface area contributed by atoms with Gasteiger partial charge in [0.1, 0.15) is 11.6 Å². The van der Waals surface area contributed by atoms with Crippen LogP contribution in [0.2, 0.25) is 0 Å². The molecule has 0 unspecified atom stereocenters. The molecule has 0 radical (unpaired) electrons. The molecule has 0 fully saturated rings. The highest BCUT2D eigenvalue weighted by Gasteiger charge is 2.25. The fraction of sp³-hybridized carbons (Fsp3) is 0.167. The molecule has 0 aliphatic rings. The van der Waals surface area contributed by atoms with Crippen LogP contribution in [0, 0.1) is 0 Å². The number of hydrogen-bond donors (Lipinski definition) is 2. The molecule has 0 aliphatic carbocycles. The lowest BCUT2D eigenvalue weighted by Crippen LogP contribution is -2.14. The molecule has 0 amide bonds. The van der Waals surface area contributed by atoms with Crippen LogP contribution in [-0.4, -0.2) is 19.9 Å². The Labute approximate surface area is 163 Å². The first-order chi connectivity index (χ1) is 13.8. The number of nitrogens with zero attached hydrogens (tertiary/aromatic N) is 2. The Bertz CT molecular complexity index is 1150. The molecule has 2 heterocycles. The quantitative estimate of drug-likeness (QED) is 0.427. The van der Waals surface area contributed by atoms with Gasteiger partial charge in [-0.15, -0.1) is 0 Å². The van der Waals surface area contributed by atoms with Crippen molar-refractivity contribution in [2.45, 2.75) is 25.2 Å². The van der Waals surface area contributed by atoms with Crippen molar-refractivity contribution in [2.24, 2.45) is 0 Å². The molecule has 4 nitrogen and oxygen atoms in total. The van der Waals surface area contributed by atoms with E-state index in [0.717, 1.165) is 40.1 Å². The fourth-order valence-corrected chi connectivity index (χ4v) is 3.96. The third-order valence-corrected chi connectivity index (χ3v) is 5.54. The monoisotopic (exact) mass is 366 g/mol. The standard InChI is InChI=1S/C24H22N4/c1-16(17-9-3-2-4-10-17)18(24-27-21-13-7-8-14-22(21)28-24)15-23-25-19-11-5-6-12-20(19)26-23/h2-14,16,18H,15H2,1H3,(H,25,26)(H,27,28)/t16-,18+/m1/s1. The van der Waals surface area contributed by atoms with Crippen LogP contribution < -0.4 is 0 Å². The summed E-state index contributed by atoms with van der Waals surface area (Å²) in [5.74, 6) is 2.50. The molecule has 0 spiro atoms. The van der Waals surface area contributed by atoms with Crippen molar-refractivity contribution in [3.8, 4) is 0 Å². The van der Waals surface area contributed by atoms with Gasteiger partial charge in [0, 0.05) is 12.3 Å². The van der Waals surface area contributed by atoms with E-state index in [4.69, 9.17) is 9.97 Å². The first-order valence-electron chi connectivity index (χ1n) is 9.71. The summed E-state index contributed by atoms with van der Waals surface area (Å²) >= 11 is 0. The Hall–Kier alpha value is -3.40. The highest BCUT2D eigenvalue weighted by molar-refractivity contribution is 5.75. The van der Waals surface area contributed by atoms with Crippen molar-refractivity contribution < 1.29 is 0 Å². The van der Waals surface area contributed by atoms with E-state index in [-0.39, 0.29) is 5.92 Å². The summed E-state index contributed by atoms with van der Waals surface area (Å²) in [4.78, 5) is 16.8. The van der Waals surface area contributed by atoms with Crippen LogP contribution in [0.3, 0.4) is 0 Å². The maximum Gasteiger partial charge on any atom is 0.111 e. The van der Waals surface area contributed by atoms with E-state index in [1.165, 1.54) is 5.56 Å². The normalized spacial score (nSPS) is 13.8. The molecule has 4 heteroatoms. The number of imidazole rings is 2. The lowest BCUT2D eigenvalue weighted by atomic mass is 9.84. The van der Waals surface area contributed by atoms with Crippen molar-refractivity contribution >= 4 is 22.1 Å². The number of benzene rings is 3. The minimum Gasteiger partial charge on any atom is -0.342 e. The summed E-state index contributed by atoms with van der Waals surface area (Å²) in [6.45, 7) is 2.27. The van der Waals surface area contributed by atoms with E-state index in [2.05, 4.69) is 65.4 Å². The topological polar surface area (TPSA) is 57.4 Å². The first kappa shape index (κ1) is 16.8. The van der Waals surface area contributed by atoms with Crippen molar-refractivity contribution in [1.82, 2.24) is 19.9 Å². The van der Waals surface area contributed by atoms with Gasteiger partial charge in [0.15, 0.2) is 0 Å². The van der Waals surface area contributed by atoms with Crippen molar-refractivity contribution in [1.29, 1.82) is 0 Å². The van der Waals surface area contributed by atoms with Gasteiger partial charge in [-0.1, -0.05) is 61.5 Å². The van der Waals surface area contributed by atoms with Crippen molar-refractivity contribution in [2.75, 3.05) is 0 Å². The number of H-pyrrole nitrogens is 2. The number of fused-ring (bicyclic) bond motifs is 2. The van der Waals surface area contributed by atoms with Gasteiger partial charge in [0.25, 0.3) is 0 Å². The van der Waals surface area contributed by atoms with Gasteiger partial charge in [0.2, 0.25) is 0 Å². The Morgan fingerprint density at radius 1 is 0.714 bits per heavy atom. The minimum atomic E-state index is 0.190. The Morgan fingerprint density at radius 3 is 2.00 bits per heavy atom. The first-order valence-corrected chi connectivity index (χ1v) is 9.71. The van der Waals surface area contributed by atoms with Crippen molar-refractivity contribution in [3.05, 3.63) is 96.1 Å². The Morgan fingerprint density at radius 2 is 1.32 bits per heavy atom. The highest BCUT2D eigenvalue weighted by Crippen LogP contribution is 2.34. The predicted molar refractivity (Wildman–Crippen MR) is 113 cm³/mol. The van der Waals surface area contributed by atoms with Crippen LogP contribution in [0.15, 0.2) is 78.9 Å². The lowest BCUT2D eigenvalue weighted by molar-refractivity contribution is 0.538. The molecule has 2 atom stereocenters. The van der Waals surface area contributed by atoms with E-state index < -0.39 is 0 Å². The number of aromatic amines is 2. The van der Waals surface area contributed by atoms with Crippen LogP contribution in [-0.2, 0) is 6.42 Å². The maximum atomic E-state index is 4.91. The molecule has 28 heavy (non-hydrogen) atoms. The second-order valence-electron chi connectivity index (χ2n) is 7.35. The molecule has 5 aromatic rings. The molecule has 0 aliphatic heterocycles. The summed E-state index contributed by atoms with van der Waals surface area (Å²) in [5, 5.41) is 0. The zero-order valence-corrected chi connectivity index (χ0v) is 15.8. The second-order valence-corrected chi connectivity index (χ2v) is 7.35. The minimum absolute atomic E-state index is 0.190. The van der Waals surface area contributed by atoms with Gasteiger partial charge < -0.3 is 9.97 Å². The molecular formula is C24H22N4. The molecule has 0 saturated heterocycles. The van der Waals surface area contributed by atoms with Gasteiger partial charge >= 0.3 is 0 Å². The average Bonchev–Trinajstić information content (AvgIpc) is 3.35. The van der Waals surface area contributed by atoms with E-state index in [1.54, 1.807) is 0 Å². The van der Waals surface area contributed by atoms with Crippen LogP contribution >= 0.6 is 0 Å². The number of hydrogen-bond acceptors (Lipinski definition) is 2. The van der Waals surface area contributed by atoms with Crippen molar-refractivity contribution in [3.63, 3.8) is 0 Å². The zero-order chi connectivity index (χ0) is 18.9. The van der Waals surface area contributed by atoms with Gasteiger partial charge in [-0.05, 0) is 35.7 Å². The van der Waals surface area contributed by atoms with E-state index >= 15 is 0 Å². The molecule has 2 aromatic heterocycles. The van der Waals surface area contributed by atoms with Gasteiger partial charge in [-0.3, -0.25) is 0 Å². The van der Waals surface area contributed by atoms with Gasteiger partial charge in [-0.25, -0.2) is 9.97 Å². The molecule has 3 aromatic carbocycles. The van der Waals surface area contributed by atoms with E-state index in [0.29, 0.717) is 5.92 Å². The van der Waals surface area contributed by atoms with Crippen LogP contribution in [0.1, 0.15) is 36.0 Å². The van der Waals surface area contributed by atoms with Crippen LogP contribution in [0.25, 0.3) is 22.1 Å². The lowest BCUT2D eigenvalue weighted by Gasteiger charge is -2.22. The number of aromatic nitrogens is 4. The SMILES string of the molecule is C[C@H](c1ccccc1)[C@H](Cc1nc2ccccc2[nH]1)c1nc2ccccc2[nH]1. The maximum absolute atomic E-state index is 4.91. The molecule has 0 saturated carbocycles. The smallest absolute Gasteiger partial charge is 0.111 e. The summed E-state index contributed by atoms with van der Waals surface area (Å²) in [6.07, 6.45) is 0.796. The third kappa shape index (κ3) is 3.07. The molecule has 2 N–H and O–H groups in total. The van der Waals surface area contributed by atoms with E-state index in [1.807, 2.05) is 30.3 Å². The molecule has 138 valence electrons. The van der Waals surface area contributed by atoms with Gasteiger partial charge in [-0.2, -0.15) is 0 Å². The highest BCUT2D eigenvalue weighted by atomic mass is 14.9. The average molecular weight is 366 g/mol. The largest absolute Gasteiger partial charge is 0.342 e. The predicted octanol–water partition coefficient (Wildman–Crippen LogP) is 5.57. The summed E-state index contributed by atoms with van der Waals surface area (Å²) < 4.78 is 0. The summed E-state index contributed by atoms with van der Waals surface area (Å²) in [7, 11) is 0. The Balaban J connectivity index is 1.57. The molecule has 0 bridgehead atoms. The Kier molecular flexibility index (Phi) is 4.17. The van der Waals surface area contributed by atoms with Crippen LogP contribution in [0.5, 0.6) is 0 Å².